The van der Waals surface area contributed by atoms with Gasteiger partial charge in [-0.2, -0.15) is 8.42 Å². The van der Waals surface area contributed by atoms with Crippen LogP contribution in [0.3, 0.4) is 0 Å². The molecule has 0 aliphatic carbocycles. The Hall–Kier alpha value is -1.44. The number of hydrogen-bond donors (Lipinski definition) is 2. The second-order valence-corrected chi connectivity index (χ2v) is 6.90. The summed E-state index contributed by atoms with van der Waals surface area (Å²) in [7, 11) is -4.02. The summed E-state index contributed by atoms with van der Waals surface area (Å²) in [4.78, 5) is 10.5. The van der Waals surface area contributed by atoms with E-state index in [2.05, 4.69) is 6.92 Å². The Kier molecular flexibility index (Phi) is 12.1. The van der Waals surface area contributed by atoms with Crippen LogP contribution in [0.25, 0.3) is 0 Å². The molecule has 138 valence electrons. The summed E-state index contributed by atoms with van der Waals surface area (Å²) in [6.45, 7) is 4.56. The number of hydrogen-bond acceptors (Lipinski definition) is 5. The monoisotopic (exact) mass is 359 g/mol. The maximum Gasteiger partial charge on any atom is 0.319 e. The van der Waals surface area contributed by atoms with Gasteiger partial charge in [-0.3, -0.25) is 9.35 Å². The number of carbonyl (C=O) groups is 1. The number of rotatable bonds is 9. The number of benzene rings is 1. The Labute approximate surface area is 145 Å². The van der Waals surface area contributed by atoms with Gasteiger partial charge in [0.05, 0.1) is 18.0 Å². The lowest BCUT2D eigenvalue weighted by molar-refractivity contribution is -0.142. The van der Waals surface area contributed by atoms with Crippen molar-refractivity contribution >= 4 is 16.1 Å². The normalized spacial score (nSPS) is 10.7. The second kappa shape index (κ2) is 12.9. The van der Waals surface area contributed by atoms with Gasteiger partial charge in [-0.05, 0) is 25.5 Å². The van der Waals surface area contributed by atoms with Crippen LogP contribution in [0.4, 0.5) is 0 Å². The standard InChI is InChI=1S/C10H21NO2.C7H8O3S/c1-2-3-4-5-6-7-8-13-10(12)9-11;1-6-2-4-7(5-3-6)11(8,9)10/h2-9,11H2,1H3;2-5H,1H3,(H,8,9,10). The summed E-state index contributed by atoms with van der Waals surface area (Å²) in [6.07, 6.45) is 7.23. The lowest BCUT2D eigenvalue weighted by Gasteiger charge is -2.02. The molecule has 7 heteroatoms. The molecular weight excluding hydrogens is 330 g/mol. The molecule has 1 rings (SSSR count). The van der Waals surface area contributed by atoms with Gasteiger partial charge < -0.3 is 10.5 Å². The zero-order chi connectivity index (χ0) is 18.4. The van der Waals surface area contributed by atoms with Crippen molar-refractivity contribution in [2.75, 3.05) is 13.2 Å². The zero-order valence-electron chi connectivity index (χ0n) is 14.5. The van der Waals surface area contributed by atoms with Crippen molar-refractivity contribution in [3.8, 4) is 0 Å². The minimum absolute atomic E-state index is 0.00413. The van der Waals surface area contributed by atoms with Crippen LogP contribution in [0, 0.1) is 6.92 Å². The van der Waals surface area contributed by atoms with Gasteiger partial charge in [0, 0.05) is 0 Å². The van der Waals surface area contributed by atoms with Crippen molar-refractivity contribution in [2.24, 2.45) is 5.73 Å². The van der Waals surface area contributed by atoms with E-state index in [1.165, 1.54) is 37.8 Å². The summed E-state index contributed by atoms with van der Waals surface area (Å²) in [5.41, 5.74) is 6.03. The first-order valence-corrected chi connectivity index (χ1v) is 9.65. The maximum absolute atomic E-state index is 10.6. The van der Waals surface area contributed by atoms with Crippen LogP contribution in [0.5, 0.6) is 0 Å². The van der Waals surface area contributed by atoms with Crippen LogP contribution in [-0.2, 0) is 19.6 Å². The summed E-state index contributed by atoms with van der Waals surface area (Å²) in [5.74, 6) is -0.298. The van der Waals surface area contributed by atoms with Crippen molar-refractivity contribution in [3.05, 3.63) is 29.8 Å². The number of nitrogens with two attached hydrogens (primary N) is 1. The van der Waals surface area contributed by atoms with E-state index < -0.39 is 10.1 Å². The fraction of sp³-hybridized carbons (Fsp3) is 0.588. The van der Waals surface area contributed by atoms with Gasteiger partial charge in [0.25, 0.3) is 10.1 Å². The Morgan fingerprint density at radius 3 is 2.12 bits per heavy atom. The quantitative estimate of drug-likeness (QED) is 0.398. The molecule has 0 aliphatic heterocycles. The molecular formula is C17H29NO5S. The zero-order valence-corrected chi connectivity index (χ0v) is 15.3. The van der Waals surface area contributed by atoms with Gasteiger partial charge in [0.2, 0.25) is 0 Å². The van der Waals surface area contributed by atoms with E-state index in [1.807, 2.05) is 6.92 Å². The van der Waals surface area contributed by atoms with Gasteiger partial charge in [0.1, 0.15) is 0 Å². The van der Waals surface area contributed by atoms with Gasteiger partial charge in [-0.25, -0.2) is 0 Å². The SMILES string of the molecule is CCCCCCCCOC(=O)CN.Cc1ccc(S(=O)(=O)O)cc1. The van der Waals surface area contributed by atoms with Gasteiger partial charge in [0.15, 0.2) is 0 Å². The van der Waals surface area contributed by atoms with E-state index in [1.54, 1.807) is 12.1 Å². The first-order chi connectivity index (χ1) is 11.3. The number of unbranched alkanes of at least 4 members (excludes halogenated alkanes) is 5. The minimum Gasteiger partial charge on any atom is -0.465 e. The molecule has 0 unspecified atom stereocenters. The smallest absolute Gasteiger partial charge is 0.319 e. The van der Waals surface area contributed by atoms with Crippen molar-refractivity contribution in [1.29, 1.82) is 0 Å². The molecule has 0 saturated carbocycles. The van der Waals surface area contributed by atoms with Crippen molar-refractivity contribution in [3.63, 3.8) is 0 Å². The Morgan fingerprint density at radius 1 is 1.08 bits per heavy atom. The van der Waals surface area contributed by atoms with Crippen molar-refractivity contribution in [2.45, 2.75) is 57.3 Å². The third-order valence-corrected chi connectivity index (χ3v) is 4.11. The lowest BCUT2D eigenvalue weighted by atomic mass is 10.1. The topological polar surface area (TPSA) is 107 Å². The van der Waals surface area contributed by atoms with Crippen LogP contribution < -0.4 is 5.73 Å². The molecule has 3 N–H and O–H groups in total. The molecule has 0 aliphatic rings. The van der Waals surface area contributed by atoms with Crippen LogP contribution >= 0.6 is 0 Å². The molecule has 0 radical (unpaired) electrons. The summed E-state index contributed by atoms with van der Waals surface area (Å²) >= 11 is 0. The van der Waals surface area contributed by atoms with Gasteiger partial charge >= 0.3 is 5.97 Å². The molecule has 0 fully saturated rings. The van der Waals surface area contributed by atoms with Crippen molar-refractivity contribution in [1.82, 2.24) is 0 Å². The third-order valence-electron chi connectivity index (χ3n) is 3.25. The Balaban J connectivity index is 0.000000446. The van der Waals surface area contributed by atoms with Crippen molar-refractivity contribution < 1.29 is 22.5 Å². The van der Waals surface area contributed by atoms with Crippen LogP contribution in [0.15, 0.2) is 29.2 Å². The molecule has 0 atom stereocenters. The number of carbonyl (C=O) groups excluding carboxylic acids is 1. The van der Waals surface area contributed by atoms with Crippen LogP contribution in [0.2, 0.25) is 0 Å². The molecule has 0 heterocycles. The predicted octanol–water partition coefficient (Wildman–Crippen LogP) is 3.09. The van der Waals surface area contributed by atoms with E-state index in [9.17, 15) is 13.2 Å². The minimum atomic E-state index is -4.02. The highest BCUT2D eigenvalue weighted by atomic mass is 32.2. The average molecular weight is 359 g/mol. The van der Waals surface area contributed by atoms with E-state index in [0.29, 0.717) is 6.61 Å². The highest BCUT2D eigenvalue weighted by molar-refractivity contribution is 7.85. The van der Waals surface area contributed by atoms with E-state index in [-0.39, 0.29) is 17.4 Å². The van der Waals surface area contributed by atoms with Crippen LogP contribution in [0.1, 0.15) is 51.0 Å². The first-order valence-electron chi connectivity index (χ1n) is 8.21. The summed E-state index contributed by atoms with van der Waals surface area (Å²) < 4.78 is 34.4. The van der Waals surface area contributed by atoms with E-state index >= 15 is 0 Å². The highest BCUT2D eigenvalue weighted by Crippen LogP contribution is 2.08. The molecule has 0 spiro atoms. The fourth-order valence-electron chi connectivity index (χ4n) is 1.84. The van der Waals surface area contributed by atoms with Gasteiger partial charge in [-0.1, -0.05) is 56.7 Å². The third kappa shape index (κ3) is 12.0. The number of esters is 1. The highest BCUT2D eigenvalue weighted by Gasteiger charge is 2.06. The molecule has 0 bridgehead atoms. The maximum atomic E-state index is 10.6. The average Bonchev–Trinajstić information content (AvgIpc) is 2.54. The number of ether oxygens (including phenoxy) is 1. The van der Waals surface area contributed by atoms with E-state index in [4.69, 9.17) is 15.0 Å². The molecule has 1 aromatic rings. The van der Waals surface area contributed by atoms with E-state index in [0.717, 1.165) is 18.4 Å². The fourth-order valence-corrected chi connectivity index (χ4v) is 2.32. The molecule has 0 saturated heterocycles. The Bertz CT molecular complexity index is 555. The predicted molar refractivity (Wildman–Crippen MR) is 94.4 cm³/mol. The largest absolute Gasteiger partial charge is 0.465 e. The summed E-state index contributed by atoms with van der Waals surface area (Å²) in [5, 5.41) is 0. The first kappa shape index (κ1) is 22.6. The molecule has 24 heavy (non-hydrogen) atoms. The molecule has 6 nitrogen and oxygen atoms in total. The second-order valence-electron chi connectivity index (χ2n) is 5.48. The Morgan fingerprint density at radius 2 is 1.62 bits per heavy atom. The molecule has 0 amide bonds. The lowest BCUT2D eigenvalue weighted by Crippen LogP contribution is -2.17. The summed E-state index contributed by atoms with van der Waals surface area (Å²) in [6, 6.07) is 5.99. The van der Waals surface area contributed by atoms with Crippen LogP contribution in [-0.4, -0.2) is 32.1 Å². The van der Waals surface area contributed by atoms with Gasteiger partial charge in [-0.15, -0.1) is 0 Å². The number of aryl methyl sites for hydroxylation is 1. The molecule has 1 aromatic carbocycles. The molecule has 0 aromatic heterocycles.